The number of benzene rings is 1. The summed E-state index contributed by atoms with van der Waals surface area (Å²) < 4.78 is 8.45. The molecular weight excluding hydrogens is 470 g/mol. The molecule has 154 valence electrons. The van der Waals surface area contributed by atoms with Gasteiger partial charge < -0.3 is 9.64 Å². The molecule has 3 heterocycles. The Balaban J connectivity index is 1.67. The maximum absolute atomic E-state index is 13.3. The van der Waals surface area contributed by atoms with Crippen LogP contribution in [0.15, 0.2) is 57.5 Å². The highest BCUT2D eigenvalue weighted by atomic mass is 79.9. The van der Waals surface area contributed by atoms with E-state index >= 15 is 0 Å². The zero-order chi connectivity index (χ0) is 21.3. The molecule has 0 N–H and O–H groups in total. The van der Waals surface area contributed by atoms with Gasteiger partial charge in [-0.25, -0.2) is 9.67 Å². The van der Waals surface area contributed by atoms with Crippen molar-refractivity contribution >= 4 is 49.9 Å². The first-order valence-electron chi connectivity index (χ1n) is 9.02. The number of aromatic nitrogens is 4. The quantitative estimate of drug-likeness (QED) is 0.417. The number of hydrogen-bond donors (Lipinski definition) is 0. The first-order valence-corrected chi connectivity index (χ1v) is 10.7. The molecule has 0 fully saturated rings. The summed E-state index contributed by atoms with van der Waals surface area (Å²) >= 11 is 4.87. The Morgan fingerprint density at radius 1 is 1.27 bits per heavy atom. The van der Waals surface area contributed by atoms with Gasteiger partial charge in [-0.1, -0.05) is 6.07 Å². The maximum atomic E-state index is 13.3. The number of ether oxygens (including phenoxy) is 1. The van der Waals surface area contributed by atoms with E-state index in [0.717, 1.165) is 10.6 Å². The topological polar surface area (TPSA) is 82.2 Å². The summed E-state index contributed by atoms with van der Waals surface area (Å²) in [6.07, 6.45) is 1.38. The molecule has 0 bridgehead atoms. The van der Waals surface area contributed by atoms with Crippen molar-refractivity contribution < 1.29 is 9.53 Å². The molecule has 30 heavy (non-hydrogen) atoms. The summed E-state index contributed by atoms with van der Waals surface area (Å²) in [7, 11) is 3.30. The Kier molecular flexibility index (Phi) is 5.69. The lowest BCUT2D eigenvalue weighted by Gasteiger charge is -2.23. The van der Waals surface area contributed by atoms with E-state index in [0.29, 0.717) is 27.9 Å². The summed E-state index contributed by atoms with van der Waals surface area (Å²) in [6.45, 7) is 0.268. The third-order valence-corrected chi connectivity index (χ3v) is 6.07. The van der Waals surface area contributed by atoms with Crippen molar-refractivity contribution in [1.82, 2.24) is 19.3 Å². The lowest BCUT2D eigenvalue weighted by Crippen LogP contribution is -2.36. The number of carbonyl (C=O) groups excluding carboxylic acids is 1. The molecule has 0 radical (unpaired) electrons. The smallest absolute Gasteiger partial charge is 0.266 e. The predicted octanol–water partition coefficient (Wildman–Crippen LogP) is 3.20. The second-order valence-electron chi connectivity index (χ2n) is 6.55. The molecule has 0 spiro atoms. The Hall–Kier alpha value is -2.98. The number of thiophene rings is 1. The Morgan fingerprint density at radius 3 is 2.70 bits per heavy atom. The molecule has 10 heteroatoms. The van der Waals surface area contributed by atoms with Gasteiger partial charge in [-0.3, -0.25) is 14.2 Å². The molecule has 0 aliphatic rings. The fourth-order valence-electron chi connectivity index (χ4n) is 3.12. The van der Waals surface area contributed by atoms with E-state index in [-0.39, 0.29) is 18.0 Å². The van der Waals surface area contributed by atoms with E-state index in [1.165, 1.54) is 15.6 Å². The number of rotatable bonds is 6. The van der Waals surface area contributed by atoms with Crippen LogP contribution in [0.2, 0.25) is 0 Å². The van der Waals surface area contributed by atoms with Gasteiger partial charge in [-0.05, 0) is 51.6 Å². The molecule has 0 unspecified atom stereocenters. The van der Waals surface area contributed by atoms with E-state index in [9.17, 15) is 9.59 Å². The molecule has 0 atom stereocenters. The Bertz CT molecular complexity index is 1250. The highest BCUT2D eigenvalue weighted by Gasteiger charge is 2.20. The van der Waals surface area contributed by atoms with Gasteiger partial charge in [-0.15, -0.1) is 11.3 Å². The van der Waals surface area contributed by atoms with Gasteiger partial charge in [0.2, 0.25) is 5.91 Å². The van der Waals surface area contributed by atoms with Gasteiger partial charge in [0.15, 0.2) is 5.65 Å². The van der Waals surface area contributed by atoms with Crippen LogP contribution < -0.4 is 15.2 Å². The zero-order valence-electron chi connectivity index (χ0n) is 16.3. The molecule has 0 aliphatic carbocycles. The molecule has 1 amide bonds. The van der Waals surface area contributed by atoms with Crippen LogP contribution in [0.3, 0.4) is 0 Å². The van der Waals surface area contributed by atoms with E-state index in [2.05, 4.69) is 26.0 Å². The number of nitrogens with zero attached hydrogens (tertiary/aromatic N) is 5. The summed E-state index contributed by atoms with van der Waals surface area (Å²) in [5, 5.41) is 6.49. The maximum Gasteiger partial charge on any atom is 0.266 e. The average molecular weight is 488 g/mol. The van der Waals surface area contributed by atoms with Crippen molar-refractivity contribution in [2.45, 2.75) is 13.1 Å². The standard InChI is InChI=1S/C20H18BrN5O3S/c1-24-19-17(18(21)23-24)20(28)25(12-22-19)11-16(27)26(10-15-4-3-9-30-15)13-5-7-14(29-2)8-6-13/h3-9,12H,10-11H2,1-2H3. The largest absolute Gasteiger partial charge is 0.497 e. The number of methoxy groups -OCH3 is 1. The summed E-state index contributed by atoms with van der Waals surface area (Å²) in [4.78, 5) is 33.1. The van der Waals surface area contributed by atoms with Crippen LogP contribution in [0.5, 0.6) is 5.75 Å². The van der Waals surface area contributed by atoms with E-state index in [1.807, 2.05) is 29.6 Å². The molecular formula is C20H18BrN5O3S. The molecule has 0 saturated carbocycles. The van der Waals surface area contributed by atoms with Gasteiger partial charge in [-0.2, -0.15) is 5.10 Å². The van der Waals surface area contributed by atoms with Crippen molar-refractivity contribution in [3.8, 4) is 5.75 Å². The van der Waals surface area contributed by atoms with Crippen molar-refractivity contribution in [3.05, 3.63) is 67.9 Å². The van der Waals surface area contributed by atoms with Crippen LogP contribution in [0, 0.1) is 0 Å². The number of carbonyl (C=O) groups is 1. The lowest BCUT2D eigenvalue weighted by molar-refractivity contribution is -0.119. The van der Waals surface area contributed by atoms with Crippen molar-refractivity contribution in [2.24, 2.45) is 7.05 Å². The summed E-state index contributed by atoms with van der Waals surface area (Å²) in [6, 6.07) is 11.2. The SMILES string of the molecule is COc1ccc(N(Cc2cccs2)C(=O)Cn2cnc3c(c(Br)nn3C)c2=O)cc1. The van der Waals surface area contributed by atoms with Crippen molar-refractivity contribution in [3.63, 3.8) is 0 Å². The first-order chi connectivity index (χ1) is 14.5. The van der Waals surface area contributed by atoms with Crippen LogP contribution in [0.25, 0.3) is 11.0 Å². The predicted molar refractivity (Wildman–Crippen MR) is 119 cm³/mol. The number of fused-ring (bicyclic) bond motifs is 1. The lowest BCUT2D eigenvalue weighted by atomic mass is 10.2. The minimum atomic E-state index is -0.320. The van der Waals surface area contributed by atoms with Crippen LogP contribution in [-0.2, 0) is 24.9 Å². The molecule has 4 aromatic rings. The molecule has 1 aromatic carbocycles. The molecule has 3 aromatic heterocycles. The number of halogens is 1. The highest BCUT2D eigenvalue weighted by Crippen LogP contribution is 2.23. The summed E-state index contributed by atoms with van der Waals surface area (Å²) in [5.41, 5.74) is 0.860. The minimum absolute atomic E-state index is 0.138. The van der Waals surface area contributed by atoms with Gasteiger partial charge in [0.25, 0.3) is 5.56 Å². The van der Waals surface area contributed by atoms with E-state index in [4.69, 9.17) is 4.74 Å². The third kappa shape index (κ3) is 3.88. The second kappa shape index (κ2) is 8.41. The normalized spacial score (nSPS) is 11.0. The fourth-order valence-corrected chi connectivity index (χ4v) is 4.40. The molecule has 0 saturated heterocycles. The number of anilines is 1. The number of hydrogen-bond acceptors (Lipinski definition) is 6. The molecule has 0 aliphatic heterocycles. The third-order valence-electron chi connectivity index (χ3n) is 4.65. The van der Waals surface area contributed by atoms with Crippen LogP contribution in [0.4, 0.5) is 5.69 Å². The Labute approximate surface area is 184 Å². The Morgan fingerprint density at radius 2 is 2.03 bits per heavy atom. The average Bonchev–Trinajstić information content (AvgIpc) is 3.36. The molecule has 4 rings (SSSR count). The van der Waals surface area contributed by atoms with Gasteiger partial charge in [0.1, 0.15) is 28.6 Å². The molecule has 8 nitrogen and oxygen atoms in total. The van der Waals surface area contributed by atoms with Gasteiger partial charge in [0.05, 0.1) is 13.7 Å². The number of amides is 1. The zero-order valence-corrected chi connectivity index (χ0v) is 18.7. The van der Waals surface area contributed by atoms with Crippen LogP contribution >= 0.6 is 27.3 Å². The first kappa shape index (κ1) is 20.3. The minimum Gasteiger partial charge on any atom is -0.497 e. The van der Waals surface area contributed by atoms with E-state index < -0.39 is 0 Å². The fraction of sp³-hybridized carbons (Fsp3) is 0.200. The van der Waals surface area contributed by atoms with Crippen LogP contribution in [0.1, 0.15) is 4.88 Å². The van der Waals surface area contributed by atoms with Crippen LogP contribution in [-0.4, -0.2) is 32.3 Å². The van der Waals surface area contributed by atoms with E-state index in [1.54, 1.807) is 42.5 Å². The van der Waals surface area contributed by atoms with Gasteiger partial charge in [0, 0.05) is 17.6 Å². The monoisotopic (exact) mass is 487 g/mol. The van der Waals surface area contributed by atoms with Gasteiger partial charge >= 0.3 is 0 Å². The summed E-state index contributed by atoms with van der Waals surface area (Å²) in [5.74, 6) is 0.478. The second-order valence-corrected chi connectivity index (χ2v) is 8.33. The van der Waals surface area contributed by atoms with Crippen molar-refractivity contribution in [2.75, 3.05) is 12.0 Å². The highest BCUT2D eigenvalue weighted by molar-refractivity contribution is 9.10. The van der Waals surface area contributed by atoms with Crippen molar-refractivity contribution in [1.29, 1.82) is 0 Å². The number of aryl methyl sites for hydroxylation is 1.